The summed E-state index contributed by atoms with van der Waals surface area (Å²) in [5.41, 5.74) is 4.46. The Morgan fingerprint density at radius 3 is 2.35 bits per heavy atom. The number of piperazine rings is 1. The minimum atomic E-state index is -0.390. The van der Waals surface area contributed by atoms with Gasteiger partial charge in [-0.2, -0.15) is 5.10 Å². The Kier molecular flexibility index (Phi) is 10.5. The molecule has 2 amide bonds. The number of carbonyl (C=O) groups excluding carboxylic acids is 2. The number of para-hydroxylation sites is 1. The number of aryl methyl sites for hydroxylation is 1. The fourth-order valence-corrected chi connectivity index (χ4v) is 8.80. The number of imide groups is 1. The fourth-order valence-electron chi connectivity index (χ4n) is 8.80. The maximum absolute atomic E-state index is 12.7. The molecule has 4 fully saturated rings. The van der Waals surface area contributed by atoms with E-state index in [0.29, 0.717) is 18.9 Å². The third-order valence-electron chi connectivity index (χ3n) is 12.9. The van der Waals surface area contributed by atoms with Gasteiger partial charge < -0.3 is 18.9 Å². The molecular weight excluding hydrogens is 653 g/mol. The van der Waals surface area contributed by atoms with Gasteiger partial charge in [0, 0.05) is 51.1 Å². The van der Waals surface area contributed by atoms with Crippen molar-refractivity contribution in [1.29, 1.82) is 0 Å². The van der Waals surface area contributed by atoms with Crippen molar-refractivity contribution >= 4 is 41.0 Å². The lowest BCUT2D eigenvalue weighted by Crippen LogP contribution is -2.49. The summed E-state index contributed by atoms with van der Waals surface area (Å²) in [6.07, 6.45) is 9.61. The topological polar surface area (TPSA) is 98.2 Å². The van der Waals surface area contributed by atoms with E-state index in [4.69, 9.17) is 19.1 Å². The highest BCUT2D eigenvalue weighted by Gasteiger charge is 2.52. The van der Waals surface area contributed by atoms with Crippen LogP contribution in [0.15, 0.2) is 36.4 Å². The lowest BCUT2D eigenvalue weighted by molar-refractivity contribution is -0.134. The quantitative estimate of drug-likeness (QED) is 0.202. The summed E-state index contributed by atoms with van der Waals surface area (Å²) >= 11 is 0. The Morgan fingerprint density at radius 2 is 1.65 bits per heavy atom. The van der Waals surface area contributed by atoms with E-state index in [-0.39, 0.29) is 42.2 Å². The minimum Gasteiger partial charge on any atom is -0.490 e. The Bertz CT molecular complexity index is 1760. The Morgan fingerprint density at radius 1 is 0.962 bits per heavy atom. The number of nitrogens with zero attached hydrogens (tertiary/aromatic N) is 4. The van der Waals surface area contributed by atoms with Crippen LogP contribution in [0.2, 0.25) is 0 Å². The first kappa shape index (κ1) is 36.9. The number of amides is 2. The standard InChI is InChI=1S/C41H58BN5O5/c1-27(46-23-25-47(26-24-46)34-15-9-13-31-37(44-45(7)38(31)34)32-21-22-36(48)43-39(32)49)11-8-12-29-17-19-30(20-18-29)50-35-16-10-14-33(28(35)2)42-51-40(3,4)41(5,6)52-42/h9-10,13-16,27,29-30,32H,8,11-12,17-26H2,1-7H3,(H,43,48,49)/t27-,29-,30-,32-/m1/s1. The molecule has 4 heterocycles. The smallest absolute Gasteiger partial charge is 0.490 e. The summed E-state index contributed by atoms with van der Waals surface area (Å²) in [7, 11) is 1.58. The third-order valence-corrected chi connectivity index (χ3v) is 12.9. The van der Waals surface area contributed by atoms with Crippen molar-refractivity contribution in [1.82, 2.24) is 20.0 Å². The summed E-state index contributed by atoms with van der Waals surface area (Å²) < 4.78 is 21.2. The van der Waals surface area contributed by atoms with Crippen LogP contribution in [-0.4, -0.2) is 83.1 Å². The van der Waals surface area contributed by atoms with Crippen molar-refractivity contribution in [3.05, 3.63) is 47.7 Å². The van der Waals surface area contributed by atoms with Crippen LogP contribution in [0.3, 0.4) is 0 Å². The molecule has 0 radical (unpaired) electrons. The van der Waals surface area contributed by atoms with Crippen molar-refractivity contribution in [2.75, 3.05) is 31.1 Å². The second-order valence-electron chi connectivity index (χ2n) is 16.8. The molecule has 3 aromatic rings. The van der Waals surface area contributed by atoms with Gasteiger partial charge in [-0.25, -0.2) is 0 Å². The summed E-state index contributed by atoms with van der Waals surface area (Å²) in [5.74, 6) is 0.914. The Balaban J connectivity index is 0.855. The predicted octanol–water partition coefficient (Wildman–Crippen LogP) is 6.02. The van der Waals surface area contributed by atoms with Crippen LogP contribution >= 0.6 is 0 Å². The van der Waals surface area contributed by atoms with Crippen molar-refractivity contribution in [2.45, 2.75) is 129 Å². The number of nitrogens with one attached hydrogen (secondary N) is 1. The molecule has 10 nitrogen and oxygen atoms in total. The molecule has 52 heavy (non-hydrogen) atoms. The zero-order valence-corrected chi connectivity index (χ0v) is 32.4. The number of hydrogen-bond donors (Lipinski definition) is 1. The Labute approximate surface area is 310 Å². The maximum atomic E-state index is 12.7. The second-order valence-corrected chi connectivity index (χ2v) is 16.8. The van der Waals surface area contributed by atoms with E-state index in [1.54, 1.807) is 0 Å². The number of anilines is 1. The molecule has 3 aliphatic heterocycles. The van der Waals surface area contributed by atoms with Gasteiger partial charge in [0.2, 0.25) is 11.8 Å². The van der Waals surface area contributed by atoms with Gasteiger partial charge in [-0.1, -0.05) is 37.1 Å². The zero-order chi connectivity index (χ0) is 36.8. The van der Waals surface area contributed by atoms with Gasteiger partial charge in [-0.3, -0.25) is 24.5 Å². The predicted molar refractivity (Wildman–Crippen MR) is 206 cm³/mol. The maximum Gasteiger partial charge on any atom is 0.495 e. The zero-order valence-electron chi connectivity index (χ0n) is 32.4. The van der Waals surface area contributed by atoms with Crippen LogP contribution < -0.4 is 20.4 Å². The molecule has 1 aliphatic carbocycles. The van der Waals surface area contributed by atoms with Gasteiger partial charge in [-0.05, 0) is 109 Å². The number of aromatic nitrogens is 2. The van der Waals surface area contributed by atoms with E-state index in [9.17, 15) is 9.59 Å². The fraction of sp³-hybridized carbons (Fsp3) is 0.634. The van der Waals surface area contributed by atoms with E-state index in [1.807, 2.05) is 11.7 Å². The molecule has 2 atom stereocenters. The largest absolute Gasteiger partial charge is 0.495 e. The molecule has 1 saturated carbocycles. The van der Waals surface area contributed by atoms with Gasteiger partial charge in [0.15, 0.2) is 0 Å². The SMILES string of the molecule is Cc1c(O[C@H]2CC[C@H](CCC[C@@H](C)N3CCN(c4cccc5c([C@H]6CCC(=O)NC6=O)nn(C)c45)CC3)CC2)cccc1B1OC(C)(C)C(C)(C)O1. The summed E-state index contributed by atoms with van der Waals surface area (Å²) in [6, 6.07) is 13.1. The lowest BCUT2D eigenvalue weighted by Gasteiger charge is -2.39. The number of carbonyl (C=O) groups is 2. The van der Waals surface area contributed by atoms with Gasteiger partial charge in [0.25, 0.3) is 0 Å². The molecular formula is C41H58BN5O5. The number of ether oxygens (including phenoxy) is 1. The van der Waals surface area contributed by atoms with Crippen LogP contribution in [0, 0.1) is 12.8 Å². The highest BCUT2D eigenvalue weighted by Crippen LogP contribution is 2.38. The first-order valence-corrected chi connectivity index (χ1v) is 19.7. The van der Waals surface area contributed by atoms with E-state index in [0.717, 1.165) is 78.3 Å². The molecule has 2 aromatic carbocycles. The molecule has 7 rings (SSSR count). The molecule has 1 N–H and O–H groups in total. The molecule has 0 spiro atoms. The van der Waals surface area contributed by atoms with Crippen molar-refractivity contribution in [3.8, 4) is 5.75 Å². The van der Waals surface area contributed by atoms with Crippen LogP contribution in [0.1, 0.15) is 110 Å². The van der Waals surface area contributed by atoms with Gasteiger partial charge >= 0.3 is 7.12 Å². The molecule has 11 heteroatoms. The summed E-state index contributed by atoms with van der Waals surface area (Å²) in [6.45, 7) is 16.9. The molecule has 1 aromatic heterocycles. The number of piperidine rings is 1. The highest BCUT2D eigenvalue weighted by molar-refractivity contribution is 6.62. The normalized spacial score (nSPS) is 25.8. The van der Waals surface area contributed by atoms with Crippen LogP contribution in [0.5, 0.6) is 5.75 Å². The number of benzene rings is 2. The molecule has 4 aliphatic rings. The average molecular weight is 712 g/mol. The second kappa shape index (κ2) is 14.8. The lowest BCUT2D eigenvalue weighted by atomic mass is 9.76. The van der Waals surface area contributed by atoms with Gasteiger partial charge in [-0.15, -0.1) is 0 Å². The number of fused-ring (bicyclic) bond motifs is 1. The third kappa shape index (κ3) is 7.38. The van der Waals surface area contributed by atoms with Crippen molar-refractivity contribution in [3.63, 3.8) is 0 Å². The van der Waals surface area contributed by atoms with Gasteiger partial charge in [0.05, 0.1) is 40.1 Å². The van der Waals surface area contributed by atoms with Crippen molar-refractivity contribution in [2.24, 2.45) is 13.0 Å². The summed E-state index contributed by atoms with van der Waals surface area (Å²) in [5, 5.41) is 8.31. The summed E-state index contributed by atoms with van der Waals surface area (Å²) in [4.78, 5) is 29.5. The molecule has 3 saturated heterocycles. The van der Waals surface area contributed by atoms with Crippen LogP contribution in [-0.2, 0) is 25.9 Å². The number of rotatable bonds is 10. The monoisotopic (exact) mass is 711 g/mol. The number of hydrogen-bond acceptors (Lipinski definition) is 8. The molecule has 0 unspecified atom stereocenters. The van der Waals surface area contributed by atoms with E-state index >= 15 is 0 Å². The first-order chi connectivity index (χ1) is 24.8. The van der Waals surface area contributed by atoms with E-state index in [1.165, 1.54) is 37.8 Å². The highest BCUT2D eigenvalue weighted by atomic mass is 16.7. The molecule has 280 valence electrons. The van der Waals surface area contributed by atoms with Crippen LogP contribution in [0.25, 0.3) is 10.9 Å². The van der Waals surface area contributed by atoms with Crippen LogP contribution in [0.4, 0.5) is 5.69 Å². The van der Waals surface area contributed by atoms with E-state index < -0.39 is 0 Å². The van der Waals surface area contributed by atoms with Gasteiger partial charge in [0.1, 0.15) is 5.75 Å². The Hall–Kier alpha value is -3.41. The average Bonchev–Trinajstić information content (AvgIpc) is 3.56. The van der Waals surface area contributed by atoms with Crippen molar-refractivity contribution < 1.29 is 23.6 Å². The minimum absolute atomic E-state index is 0.198. The van der Waals surface area contributed by atoms with E-state index in [2.05, 4.69) is 93.1 Å². The first-order valence-electron chi connectivity index (χ1n) is 19.7. The molecule has 0 bridgehead atoms.